The van der Waals surface area contributed by atoms with Crippen LogP contribution in [0.4, 0.5) is 10.1 Å². The van der Waals surface area contributed by atoms with Crippen molar-refractivity contribution in [2.24, 2.45) is 0 Å². The van der Waals surface area contributed by atoms with Crippen molar-refractivity contribution in [2.75, 3.05) is 17.1 Å². The van der Waals surface area contributed by atoms with Crippen molar-refractivity contribution in [1.29, 1.82) is 0 Å². The van der Waals surface area contributed by atoms with Crippen LogP contribution in [0, 0.1) is 5.82 Å². The Bertz CT molecular complexity index is 878. The summed E-state index contributed by atoms with van der Waals surface area (Å²) in [7, 11) is -3.63. The predicted molar refractivity (Wildman–Crippen MR) is 106 cm³/mol. The number of hydrogen-bond donors (Lipinski definition) is 1. The molecule has 27 heavy (non-hydrogen) atoms. The standard InChI is InChI=1S/C20H25FN2O3S/c1-14(2)16-7-11-19(12-8-16)23(27(4,25)26)13-20(24)22-15(3)17-5-9-18(21)10-6-17/h5-12,14-15H,13H2,1-4H3,(H,22,24)/t15-/m0/s1. The number of carbonyl (C=O) groups excluding carboxylic acids is 1. The zero-order valence-corrected chi connectivity index (χ0v) is 16.8. The molecule has 0 saturated heterocycles. The second-order valence-electron chi connectivity index (χ2n) is 6.86. The summed E-state index contributed by atoms with van der Waals surface area (Å²) in [5.41, 5.74) is 2.25. The van der Waals surface area contributed by atoms with Crippen LogP contribution < -0.4 is 9.62 Å². The lowest BCUT2D eigenvalue weighted by Crippen LogP contribution is -2.41. The first-order valence-corrected chi connectivity index (χ1v) is 10.5. The second kappa shape index (κ2) is 8.52. The molecule has 7 heteroatoms. The molecule has 0 spiro atoms. The lowest BCUT2D eigenvalue weighted by molar-refractivity contribution is -0.120. The van der Waals surface area contributed by atoms with Gasteiger partial charge in [0.2, 0.25) is 15.9 Å². The molecule has 0 aliphatic rings. The van der Waals surface area contributed by atoms with Crippen molar-refractivity contribution < 1.29 is 17.6 Å². The van der Waals surface area contributed by atoms with Crippen LogP contribution in [0.1, 0.15) is 43.9 Å². The highest BCUT2D eigenvalue weighted by Gasteiger charge is 2.22. The quantitative estimate of drug-likeness (QED) is 0.783. The van der Waals surface area contributed by atoms with Crippen molar-refractivity contribution in [3.63, 3.8) is 0 Å². The Morgan fingerprint density at radius 3 is 2.00 bits per heavy atom. The van der Waals surface area contributed by atoms with Gasteiger partial charge in [-0.25, -0.2) is 12.8 Å². The fourth-order valence-corrected chi connectivity index (χ4v) is 3.53. The average molecular weight is 392 g/mol. The molecule has 0 radical (unpaired) electrons. The van der Waals surface area contributed by atoms with E-state index in [0.29, 0.717) is 11.6 Å². The van der Waals surface area contributed by atoms with E-state index in [-0.39, 0.29) is 18.4 Å². The molecule has 1 atom stereocenters. The Balaban J connectivity index is 2.13. The number of hydrogen-bond acceptors (Lipinski definition) is 3. The third-order valence-corrected chi connectivity index (χ3v) is 5.42. The van der Waals surface area contributed by atoms with Gasteiger partial charge in [0.25, 0.3) is 0 Å². The monoisotopic (exact) mass is 392 g/mol. The van der Waals surface area contributed by atoms with Gasteiger partial charge >= 0.3 is 0 Å². The van der Waals surface area contributed by atoms with Crippen molar-refractivity contribution in [2.45, 2.75) is 32.7 Å². The van der Waals surface area contributed by atoms with Crippen LogP contribution >= 0.6 is 0 Å². The Morgan fingerprint density at radius 1 is 1.00 bits per heavy atom. The molecule has 0 saturated carbocycles. The van der Waals surface area contributed by atoms with E-state index in [1.54, 1.807) is 31.2 Å². The zero-order chi connectivity index (χ0) is 20.2. The molecule has 5 nitrogen and oxygen atoms in total. The zero-order valence-electron chi connectivity index (χ0n) is 15.9. The molecule has 2 aromatic carbocycles. The molecule has 146 valence electrons. The number of nitrogens with one attached hydrogen (secondary N) is 1. The predicted octanol–water partition coefficient (Wildman–Crippen LogP) is 3.59. The number of nitrogens with zero attached hydrogens (tertiary/aromatic N) is 1. The molecule has 1 N–H and O–H groups in total. The van der Waals surface area contributed by atoms with Gasteiger partial charge in [0.15, 0.2) is 0 Å². The highest BCUT2D eigenvalue weighted by atomic mass is 32.2. The summed E-state index contributed by atoms with van der Waals surface area (Å²) >= 11 is 0. The number of halogens is 1. The van der Waals surface area contributed by atoms with Gasteiger partial charge in [0, 0.05) is 0 Å². The molecule has 0 fully saturated rings. The first-order valence-electron chi connectivity index (χ1n) is 8.70. The van der Waals surface area contributed by atoms with Crippen LogP contribution in [0.25, 0.3) is 0 Å². The van der Waals surface area contributed by atoms with Gasteiger partial charge < -0.3 is 5.32 Å². The van der Waals surface area contributed by atoms with Crippen LogP contribution in [0.5, 0.6) is 0 Å². The van der Waals surface area contributed by atoms with E-state index in [9.17, 15) is 17.6 Å². The third kappa shape index (κ3) is 5.79. The molecule has 0 unspecified atom stereocenters. The highest BCUT2D eigenvalue weighted by Crippen LogP contribution is 2.22. The van der Waals surface area contributed by atoms with Crippen molar-refractivity contribution >= 4 is 21.6 Å². The van der Waals surface area contributed by atoms with Gasteiger partial charge in [-0.2, -0.15) is 0 Å². The smallest absolute Gasteiger partial charge is 0.241 e. The summed E-state index contributed by atoms with van der Waals surface area (Å²) in [5.74, 6) is -0.471. The molecule has 0 bridgehead atoms. The largest absolute Gasteiger partial charge is 0.348 e. The third-order valence-electron chi connectivity index (χ3n) is 4.28. The van der Waals surface area contributed by atoms with Gasteiger partial charge in [0.05, 0.1) is 18.0 Å². The Labute approximate surface area is 160 Å². The lowest BCUT2D eigenvalue weighted by atomic mass is 10.0. The van der Waals surface area contributed by atoms with Crippen molar-refractivity contribution in [3.05, 3.63) is 65.5 Å². The van der Waals surface area contributed by atoms with E-state index in [2.05, 4.69) is 5.32 Å². The number of amides is 1. The summed E-state index contributed by atoms with van der Waals surface area (Å²) in [6.07, 6.45) is 1.07. The molecular weight excluding hydrogens is 367 g/mol. The Kier molecular flexibility index (Phi) is 6.59. The molecule has 1 amide bonds. The first kappa shape index (κ1) is 20.9. The maximum atomic E-state index is 13.0. The van der Waals surface area contributed by atoms with E-state index in [4.69, 9.17) is 0 Å². The van der Waals surface area contributed by atoms with Crippen LogP contribution in [0.3, 0.4) is 0 Å². The van der Waals surface area contributed by atoms with E-state index in [0.717, 1.165) is 21.7 Å². The van der Waals surface area contributed by atoms with E-state index in [1.807, 2.05) is 26.0 Å². The minimum atomic E-state index is -3.63. The van der Waals surface area contributed by atoms with Gasteiger partial charge in [-0.3, -0.25) is 9.10 Å². The van der Waals surface area contributed by atoms with Crippen LogP contribution in [-0.2, 0) is 14.8 Å². The number of anilines is 1. The maximum Gasteiger partial charge on any atom is 0.241 e. The molecule has 0 aliphatic carbocycles. The molecule has 0 heterocycles. The van der Waals surface area contributed by atoms with Crippen LogP contribution in [0.15, 0.2) is 48.5 Å². The summed E-state index contributed by atoms with van der Waals surface area (Å²) < 4.78 is 38.5. The molecule has 0 aromatic heterocycles. The summed E-state index contributed by atoms with van der Waals surface area (Å²) in [6.45, 7) is 5.53. The Hall–Kier alpha value is -2.41. The molecular formula is C20H25FN2O3S. The first-order chi connectivity index (χ1) is 12.6. The minimum Gasteiger partial charge on any atom is -0.348 e. The van der Waals surface area contributed by atoms with E-state index < -0.39 is 15.9 Å². The van der Waals surface area contributed by atoms with Gasteiger partial charge in [0.1, 0.15) is 12.4 Å². The minimum absolute atomic E-state index is 0.325. The maximum absolute atomic E-state index is 13.0. The van der Waals surface area contributed by atoms with E-state index in [1.165, 1.54) is 12.1 Å². The highest BCUT2D eigenvalue weighted by molar-refractivity contribution is 7.92. The SMILES string of the molecule is CC(C)c1ccc(N(CC(=O)N[C@@H](C)c2ccc(F)cc2)S(C)(=O)=O)cc1. The van der Waals surface area contributed by atoms with Gasteiger partial charge in [-0.1, -0.05) is 38.1 Å². The van der Waals surface area contributed by atoms with E-state index >= 15 is 0 Å². The topological polar surface area (TPSA) is 66.5 Å². The fraction of sp³-hybridized carbons (Fsp3) is 0.350. The molecule has 0 aliphatic heterocycles. The second-order valence-corrected chi connectivity index (χ2v) is 8.76. The van der Waals surface area contributed by atoms with Crippen LogP contribution in [-0.4, -0.2) is 27.1 Å². The molecule has 2 rings (SSSR count). The van der Waals surface area contributed by atoms with Gasteiger partial charge in [-0.15, -0.1) is 0 Å². The Morgan fingerprint density at radius 2 is 1.52 bits per heavy atom. The summed E-state index contributed by atoms with van der Waals surface area (Å²) in [5, 5.41) is 2.75. The molecule has 2 aromatic rings. The average Bonchev–Trinajstić information content (AvgIpc) is 2.59. The summed E-state index contributed by atoms with van der Waals surface area (Å²) in [6, 6.07) is 12.5. The number of carbonyl (C=O) groups is 1. The number of benzene rings is 2. The van der Waals surface area contributed by atoms with Crippen molar-refractivity contribution in [3.8, 4) is 0 Å². The lowest BCUT2D eigenvalue weighted by Gasteiger charge is -2.23. The number of sulfonamides is 1. The number of rotatable bonds is 7. The van der Waals surface area contributed by atoms with Crippen molar-refractivity contribution in [1.82, 2.24) is 5.32 Å². The fourth-order valence-electron chi connectivity index (χ4n) is 2.68. The van der Waals surface area contributed by atoms with Crippen LogP contribution in [0.2, 0.25) is 0 Å². The normalized spacial score (nSPS) is 12.7. The van der Waals surface area contributed by atoms with Gasteiger partial charge in [-0.05, 0) is 48.2 Å². The summed E-state index contributed by atoms with van der Waals surface area (Å²) in [4.78, 5) is 12.4.